The average Bonchev–Trinajstić information content (AvgIpc) is 2.99. The Hall–Kier alpha value is -3.97. The number of hydrogen-bond donors (Lipinski definition) is 2. The number of benzene rings is 3. The molecule has 7 nitrogen and oxygen atoms in total. The standard InChI is InChI=1S/C23H17NO6/c1-30-22(28)23(29)18(19(25)15-9-3-2-4-10-15)20(26)21(27)24(23)17-13-7-11-14-8-5-6-12-16(14)17/h2-13,25,29H,1H3/t23-/m1/s1. The highest BCUT2D eigenvalue weighted by Gasteiger charge is 2.62. The van der Waals surface area contributed by atoms with Crippen molar-refractivity contribution in [2.75, 3.05) is 12.0 Å². The number of aliphatic hydroxyl groups excluding tert-OH is 1. The molecule has 0 saturated carbocycles. The Bertz CT molecular complexity index is 1210. The molecular weight excluding hydrogens is 386 g/mol. The second-order valence-corrected chi connectivity index (χ2v) is 6.72. The number of aliphatic hydroxyl groups is 2. The van der Waals surface area contributed by atoms with Crippen molar-refractivity contribution < 1.29 is 29.3 Å². The number of methoxy groups -OCH3 is 1. The third-order valence-corrected chi connectivity index (χ3v) is 5.06. The molecule has 0 radical (unpaired) electrons. The van der Waals surface area contributed by atoms with E-state index < -0.39 is 34.7 Å². The van der Waals surface area contributed by atoms with Crippen molar-refractivity contribution in [3.8, 4) is 0 Å². The van der Waals surface area contributed by atoms with Gasteiger partial charge in [-0.1, -0.05) is 66.7 Å². The molecule has 0 aliphatic carbocycles. The van der Waals surface area contributed by atoms with Gasteiger partial charge in [-0.3, -0.25) is 14.5 Å². The van der Waals surface area contributed by atoms with E-state index in [9.17, 15) is 24.6 Å². The van der Waals surface area contributed by atoms with E-state index in [0.29, 0.717) is 10.3 Å². The van der Waals surface area contributed by atoms with E-state index in [-0.39, 0.29) is 11.3 Å². The van der Waals surface area contributed by atoms with Gasteiger partial charge >= 0.3 is 11.9 Å². The zero-order valence-electron chi connectivity index (χ0n) is 15.9. The number of anilines is 1. The Balaban J connectivity index is 2.03. The van der Waals surface area contributed by atoms with Crippen LogP contribution in [0, 0.1) is 0 Å². The van der Waals surface area contributed by atoms with E-state index in [1.54, 1.807) is 54.6 Å². The molecule has 1 aliphatic heterocycles. The number of rotatable bonds is 3. The number of fused-ring (bicyclic) bond motifs is 1. The van der Waals surface area contributed by atoms with E-state index in [0.717, 1.165) is 12.5 Å². The van der Waals surface area contributed by atoms with E-state index in [2.05, 4.69) is 0 Å². The molecule has 150 valence electrons. The molecule has 1 atom stereocenters. The zero-order chi connectivity index (χ0) is 21.5. The normalized spacial score (nSPS) is 20.5. The molecule has 1 amide bonds. The summed E-state index contributed by atoms with van der Waals surface area (Å²) >= 11 is 0. The Morgan fingerprint density at radius 1 is 0.933 bits per heavy atom. The first-order valence-corrected chi connectivity index (χ1v) is 9.07. The van der Waals surface area contributed by atoms with Crippen LogP contribution >= 0.6 is 0 Å². The highest BCUT2D eigenvalue weighted by Crippen LogP contribution is 2.42. The van der Waals surface area contributed by atoms with Crippen LogP contribution < -0.4 is 4.90 Å². The van der Waals surface area contributed by atoms with Crippen molar-refractivity contribution in [1.29, 1.82) is 0 Å². The summed E-state index contributed by atoms with van der Waals surface area (Å²) in [4.78, 5) is 39.3. The summed E-state index contributed by atoms with van der Waals surface area (Å²) in [5.41, 5.74) is -3.29. The van der Waals surface area contributed by atoms with Crippen molar-refractivity contribution in [3.63, 3.8) is 0 Å². The molecule has 3 aromatic rings. The topological polar surface area (TPSA) is 104 Å². The van der Waals surface area contributed by atoms with Crippen molar-refractivity contribution in [3.05, 3.63) is 83.9 Å². The summed E-state index contributed by atoms with van der Waals surface area (Å²) in [7, 11) is 1.02. The van der Waals surface area contributed by atoms with E-state index >= 15 is 0 Å². The maximum Gasteiger partial charge on any atom is 0.365 e. The quantitative estimate of drug-likeness (QED) is 0.302. The monoisotopic (exact) mass is 403 g/mol. The largest absolute Gasteiger partial charge is 0.507 e. The molecule has 4 rings (SSSR count). The van der Waals surface area contributed by atoms with Gasteiger partial charge in [0.15, 0.2) is 0 Å². The van der Waals surface area contributed by atoms with Crippen LogP contribution in [0.1, 0.15) is 5.56 Å². The maximum atomic E-state index is 13.0. The van der Waals surface area contributed by atoms with Crippen LogP contribution in [0.5, 0.6) is 0 Å². The number of hydrogen-bond acceptors (Lipinski definition) is 6. The van der Waals surface area contributed by atoms with Gasteiger partial charge in [-0.15, -0.1) is 0 Å². The van der Waals surface area contributed by atoms with Crippen LogP contribution in [0.15, 0.2) is 78.4 Å². The number of amides is 1. The lowest BCUT2D eigenvalue weighted by atomic mass is 9.97. The fourth-order valence-corrected chi connectivity index (χ4v) is 3.66. The lowest BCUT2D eigenvalue weighted by Crippen LogP contribution is -2.54. The first kappa shape index (κ1) is 19.4. The molecular formula is C23H17NO6. The molecule has 0 aromatic heterocycles. The first-order valence-electron chi connectivity index (χ1n) is 9.07. The van der Waals surface area contributed by atoms with Gasteiger partial charge in [-0.25, -0.2) is 4.79 Å². The second kappa shape index (κ2) is 7.13. The molecule has 1 heterocycles. The third-order valence-electron chi connectivity index (χ3n) is 5.06. The fraction of sp³-hybridized carbons (Fsp3) is 0.0870. The molecule has 30 heavy (non-hydrogen) atoms. The van der Waals surface area contributed by atoms with E-state index in [4.69, 9.17) is 4.74 Å². The van der Waals surface area contributed by atoms with Crippen LogP contribution in [-0.4, -0.2) is 40.7 Å². The van der Waals surface area contributed by atoms with Gasteiger partial charge in [0.05, 0.1) is 12.8 Å². The highest BCUT2D eigenvalue weighted by molar-refractivity contribution is 6.54. The van der Waals surface area contributed by atoms with Crippen LogP contribution in [0.3, 0.4) is 0 Å². The van der Waals surface area contributed by atoms with Gasteiger partial charge in [0.2, 0.25) is 0 Å². The minimum Gasteiger partial charge on any atom is -0.507 e. The van der Waals surface area contributed by atoms with Crippen LogP contribution in [0.4, 0.5) is 5.69 Å². The van der Waals surface area contributed by atoms with Crippen LogP contribution in [-0.2, 0) is 19.1 Å². The lowest BCUT2D eigenvalue weighted by Gasteiger charge is -2.31. The molecule has 0 spiro atoms. The summed E-state index contributed by atoms with van der Waals surface area (Å²) in [6.07, 6.45) is 0. The van der Waals surface area contributed by atoms with Crippen molar-refractivity contribution in [1.82, 2.24) is 0 Å². The predicted molar refractivity (Wildman–Crippen MR) is 109 cm³/mol. The number of esters is 1. The number of Topliss-reactive ketones (excluding diaryl/α,β-unsaturated/α-hetero) is 1. The summed E-state index contributed by atoms with van der Waals surface area (Å²) in [6.45, 7) is 0. The molecule has 0 unspecified atom stereocenters. The summed E-state index contributed by atoms with van der Waals surface area (Å²) in [6, 6.07) is 19.8. The number of carbonyl (C=O) groups is 3. The lowest BCUT2D eigenvalue weighted by molar-refractivity contribution is -0.158. The smallest absolute Gasteiger partial charge is 0.365 e. The SMILES string of the molecule is COC(=O)[C@]1(O)C(=C(O)c2ccccc2)C(=O)C(=O)N1c1cccc2ccccc12. The molecule has 1 fully saturated rings. The van der Waals surface area contributed by atoms with E-state index in [1.807, 2.05) is 0 Å². The molecule has 7 heteroatoms. The van der Waals surface area contributed by atoms with Gasteiger partial charge in [0.1, 0.15) is 11.3 Å². The summed E-state index contributed by atoms with van der Waals surface area (Å²) in [5, 5.41) is 23.5. The van der Waals surface area contributed by atoms with Crippen molar-refractivity contribution in [2.24, 2.45) is 0 Å². The maximum absolute atomic E-state index is 13.0. The summed E-state index contributed by atoms with van der Waals surface area (Å²) in [5.74, 6) is -4.30. The first-order chi connectivity index (χ1) is 14.4. The molecule has 1 aliphatic rings. The molecule has 1 saturated heterocycles. The number of ether oxygens (including phenoxy) is 1. The van der Waals surface area contributed by atoms with Gasteiger partial charge in [0, 0.05) is 10.9 Å². The minimum atomic E-state index is -2.84. The second-order valence-electron chi connectivity index (χ2n) is 6.72. The van der Waals surface area contributed by atoms with Crippen molar-refractivity contribution >= 4 is 39.9 Å². The van der Waals surface area contributed by atoms with Crippen LogP contribution in [0.25, 0.3) is 16.5 Å². The fourth-order valence-electron chi connectivity index (χ4n) is 3.66. The van der Waals surface area contributed by atoms with Crippen molar-refractivity contribution in [2.45, 2.75) is 5.72 Å². The number of nitrogens with zero attached hydrogens (tertiary/aromatic N) is 1. The highest BCUT2D eigenvalue weighted by atomic mass is 16.5. The van der Waals surface area contributed by atoms with Gasteiger partial charge in [-0.05, 0) is 11.5 Å². The van der Waals surface area contributed by atoms with E-state index in [1.165, 1.54) is 18.2 Å². The van der Waals surface area contributed by atoms with Gasteiger partial charge in [-0.2, -0.15) is 0 Å². The Labute approximate surface area is 171 Å². The van der Waals surface area contributed by atoms with Crippen LogP contribution in [0.2, 0.25) is 0 Å². The number of carbonyl (C=O) groups excluding carboxylic acids is 3. The van der Waals surface area contributed by atoms with Gasteiger partial charge in [0.25, 0.3) is 11.5 Å². The minimum absolute atomic E-state index is 0.134. The molecule has 3 aromatic carbocycles. The Morgan fingerprint density at radius 3 is 2.27 bits per heavy atom. The Kier molecular flexibility index (Phi) is 4.60. The third kappa shape index (κ3) is 2.67. The Morgan fingerprint density at radius 2 is 1.57 bits per heavy atom. The van der Waals surface area contributed by atoms with Gasteiger partial charge < -0.3 is 14.9 Å². The average molecular weight is 403 g/mol. The summed E-state index contributed by atoms with van der Waals surface area (Å²) < 4.78 is 4.73. The number of ketones is 1. The predicted octanol–water partition coefficient (Wildman–Crippen LogP) is 2.59. The molecule has 2 N–H and O–H groups in total. The molecule has 0 bridgehead atoms. The zero-order valence-corrected chi connectivity index (χ0v) is 15.9.